The number of benzene rings is 1. The van der Waals surface area contributed by atoms with Gasteiger partial charge in [-0.3, -0.25) is 4.79 Å². The van der Waals surface area contributed by atoms with Crippen LogP contribution in [0.25, 0.3) is 0 Å². The molecule has 3 N–H and O–H groups in total. The molecule has 0 bridgehead atoms. The van der Waals surface area contributed by atoms with E-state index < -0.39 is 10.0 Å². The smallest absolute Gasteiger partial charge is 0.224 e. The summed E-state index contributed by atoms with van der Waals surface area (Å²) < 4.78 is 21.4. The number of unbranched alkanes of at least 4 members (excludes halogenated alkanes) is 3. The Labute approximate surface area is 114 Å². The Morgan fingerprint density at radius 2 is 1.68 bits per heavy atom. The van der Waals surface area contributed by atoms with E-state index in [1.165, 1.54) is 0 Å². The van der Waals surface area contributed by atoms with Crippen LogP contribution in [0.4, 0.5) is 5.69 Å². The van der Waals surface area contributed by atoms with Crippen molar-refractivity contribution in [3.8, 4) is 0 Å². The number of amides is 1. The Bertz CT molecular complexity index is 486. The molecule has 106 valence electrons. The maximum atomic E-state index is 11.6. The lowest BCUT2D eigenvalue weighted by Gasteiger charge is -2.04. The number of nitrogens with two attached hydrogens (primary N) is 1. The van der Waals surface area contributed by atoms with Crippen LogP contribution in [0.2, 0.25) is 0 Å². The standard InChI is InChI=1S/C13H20N2O3S/c14-19(17,18)11-7-2-1-6-10-13(16)15-12-8-4-3-5-9-12/h3-5,8-9H,1-2,6-7,10-11H2,(H,15,16)(H2,14,17,18). The van der Waals surface area contributed by atoms with Crippen LogP contribution >= 0.6 is 0 Å². The lowest BCUT2D eigenvalue weighted by atomic mass is 10.1. The third-order valence-corrected chi connectivity index (χ3v) is 3.50. The second-order valence-corrected chi connectivity index (χ2v) is 6.18. The average Bonchev–Trinajstić information content (AvgIpc) is 2.33. The topological polar surface area (TPSA) is 89.3 Å². The summed E-state index contributed by atoms with van der Waals surface area (Å²) in [5.41, 5.74) is 0.793. The Morgan fingerprint density at radius 3 is 2.32 bits per heavy atom. The molecular weight excluding hydrogens is 264 g/mol. The van der Waals surface area contributed by atoms with Gasteiger partial charge in [-0.15, -0.1) is 0 Å². The highest BCUT2D eigenvalue weighted by molar-refractivity contribution is 7.89. The van der Waals surface area contributed by atoms with Crippen molar-refractivity contribution in [3.05, 3.63) is 30.3 Å². The molecule has 0 atom stereocenters. The molecule has 0 aromatic heterocycles. The van der Waals surface area contributed by atoms with Crippen molar-refractivity contribution < 1.29 is 13.2 Å². The fourth-order valence-corrected chi connectivity index (χ4v) is 2.29. The Morgan fingerprint density at radius 1 is 1.05 bits per heavy atom. The Hall–Kier alpha value is -1.40. The van der Waals surface area contributed by atoms with E-state index in [2.05, 4.69) is 5.32 Å². The first-order valence-corrected chi connectivity index (χ1v) is 8.04. The van der Waals surface area contributed by atoms with Crippen molar-refractivity contribution in [2.45, 2.75) is 32.1 Å². The predicted octanol–water partition coefficient (Wildman–Crippen LogP) is 1.86. The first-order chi connectivity index (χ1) is 8.97. The minimum atomic E-state index is -3.35. The predicted molar refractivity (Wildman–Crippen MR) is 76.1 cm³/mol. The van der Waals surface area contributed by atoms with E-state index in [9.17, 15) is 13.2 Å². The molecule has 0 spiro atoms. The Kier molecular flexibility index (Phi) is 6.52. The average molecular weight is 284 g/mol. The number of anilines is 1. The zero-order chi connectivity index (χ0) is 14.1. The monoisotopic (exact) mass is 284 g/mol. The summed E-state index contributed by atoms with van der Waals surface area (Å²) in [6.07, 6.45) is 3.36. The number of hydrogen-bond acceptors (Lipinski definition) is 3. The van der Waals surface area contributed by atoms with Gasteiger partial charge in [-0.2, -0.15) is 0 Å². The van der Waals surface area contributed by atoms with Gasteiger partial charge in [0.05, 0.1) is 5.75 Å². The molecule has 0 saturated carbocycles. The minimum absolute atomic E-state index is 0.0161. The molecule has 0 heterocycles. The summed E-state index contributed by atoms with van der Waals surface area (Å²) in [4.78, 5) is 11.6. The highest BCUT2D eigenvalue weighted by Gasteiger charge is 2.03. The van der Waals surface area contributed by atoms with Crippen LogP contribution in [-0.4, -0.2) is 20.1 Å². The van der Waals surface area contributed by atoms with Gasteiger partial charge in [-0.1, -0.05) is 31.0 Å². The van der Waals surface area contributed by atoms with E-state index in [4.69, 9.17) is 5.14 Å². The fraction of sp³-hybridized carbons (Fsp3) is 0.462. The number of carbonyl (C=O) groups is 1. The molecule has 19 heavy (non-hydrogen) atoms. The van der Waals surface area contributed by atoms with Gasteiger partial charge in [-0.05, 0) is 25.0 Å². The number of primary sulfonamides is 1. The number of para-hydroxylation sites is 1. The summed E-state index contributed by atoms with van der Waals surface area (Å²) in [5, 5.41) is 7.69. The fourth-order valence-electron chi connectivity index (χ4n) is 1.69. The third kappa shape index (κ3) is 8.34. The molecule has 0 aliphatic rings. The maximum Gasteiger partial charge on any atom is 0.224 e. The summed E-state index contributed by atoms with van der Waals surface area (Å²) >= 11 is 0. The number of carbonyl (C=O) groups excluding carboxylic acids is 1. The molecule has 0 unspecified atom stereocenters. The van der Waals surface area contributed by atoms with Crippen LogP contribution < -0.4 is 10.5 Å². The van der Waals surface area contributed by atoms with Crippen molar-refractivity contribution >= 4 is 21.6 Å². The van der Waals surface area contributed by atoms with Gasteiger partial charge in [0.25, 0.3) is 0 Å². The zero-order valence-corrected chi connectivity index (χ0v) is 11.7. The second kappa shape index (κ2) is 7.91. The van der Waals surface area contributed by atoms with E-state index in [0.717, 1.165) is 24.9 Å². The summed E-state index contributed by atoms with van der Waals surface area (Å²) in [6, 6.07) is 9.29. The first kappa shape index (κ1) is 15.7. The molecule has 0 aliphatic carbocycles. The molecule has 0 radical (unpaired) electrons. The molecule has 0 saturated heterocycles. The van der Waals surface area contributed by atoms with E-state index >= 15 is 0 Å². The van der Waals surface area contributed by atoms with E-state index in [-0.39, 0.29) is 11.7 Å². The van der Waals surface area contributed by atoms with Crippen LogP contribution in [0.3, 0.4) is 0 Å². The van der Waals surface area contributed by atoms with E-state index in [0.29, 0.717) is 12.8 Å². The largest absolute Gasteiger partial charge is 0.326 e. The van der Waals surface area contributed by atoms with Gasteiger partial charge in [0, 0.05) is 12.1 Å². The highest BCUT2D eigenvalue weighted by atomic mass is 32.2. The zero-order valence-electron chi connectivity index (χ0n) is 10.8. The van der Waals surface area contributed by atoms with Crippen LogP contribution in [-0.2, 0) is 14.8 Å². The minimum Gasteiger partial charge on any atom is -0.326 e. The lowest BCUT2D eigenvalue weighted by molar-refractivity contribution is -0.116. The molecule has 0 fully saturated rings. The maximum absolute atomic E-state index is 11.6. The molecule has 1 aromatic rings. The van der Waals surface area contributed by atoms with Crippen molar-refractivity contribution in [2.75, 3.05) is 11.1 Å². The lowest BCUT2D eigenvalue weighted by Crippen LogP contribution is -2.16. The number of nitrogens with one attached hydrogen (secondary N) is 1. The number of rotatable bonds is 8. The SMILES string of the molecule is NS(=O)(=O)CCCCCCC(=O)Nc1ccccc1. The normalized spacial score (nSPS) is 11.2. The van der Waals surface area contributed by atoms with E-state index in [1.807, 2.05) is 30.3 Å². The number of sulfonamides is 1. The summed E-state index contributed by atoms with van der Waals surface area (Å²) in [6.45, 7) is 0. The van der Waals surface area contributed by atoms with Crippen LogP contribution in [0.1, 0.15) is 32.1 Å². The van der Waals surface area contributed by atoms with Crippen LogP contribution in [0.15, 0.2) is 30.3 Å². The first-order valence-electron chi connectivity index (χ1n) is 6.33. The molecule has 1 amide bonds. The van der Waals surface area contributed by atoms with Crippen molar-refractivity contribution in [1.29, 1.82) is 0 Å². The van der Waals surface area contributed by atoms with Gasteiger partial charge >= 0.3 is 0 Å². The van der Waals surface area contributed by atoms with Gasteiger partial charge in [0.15, 0.2) is 0 Å². The Balaban J connectivity index is 2.08. The van der Waals surface area contributed by atoms with Gasteiger partial charge in [0.1, 0.15) is 0 Å². The van der Waals surface area contributed by atoms with Crippen LogP contribution in [0.5, 0.6) is 0 Å². The highest BCUT2D eigenvalue weighted by Crippen LogP contribution is 2.08. The summed E-state index contributed by atoms with van der Waals surface area (Å²) in [5.74, 6) is 0.00101. The van der Waals surface area contributed by atoms with E-state index in [1.54, 1.807) is 0 Å². The summed E-state index contributed by atoms with van der Waals surface area (Å²) in [7, 11) is -3.35. The van der Waals surface area contributed by atoms with Crippen molar-refractivity contribution in [3.63, 3.8) is 0 Å². The second-order valence-electron chi connectivity index (χ2n) is 4.45. The third-order valence-electron chi connectivity index (χ3n) is 2.64. The van der Waals surface area contributed by atoms with Crippen molar-refractivity contribution in [1.82, 2.24) is 0 Å². The van der Waals surface area contributed by atoms with Gasteiger partial charge < -0.3 is 5.32 Å². The molecule has 1 rings (SSSR count). The van der Waals surface area contributed by atoms with Gasteiger partial charge in [0.2, 0.25) is 15.9 Å². The molecule has 6 heteroatoms. The molecule has 1 aromatic carbocycles. The van der Waals surface area contributed by atoms with Crippen LogP contribution in [0, 0.1) is 0 Å². The van der Waals surface area contributed by atoms with Gasteiger partial charge in [-0.25, -0.2) is 13.6 Å². The quantitative estimate of drug-likeness (QED) is 0.714. The number of hydrogen-bond donors (Lipinski definition) is 2. The molecule has 0 aliphatic heterocycles. The molecule has 5 nitrogen and oxygen atoms in total. The van der Waals surface area contributed by atoms with Crippen molar-refractivity contribution in [2.24, 2.45) is 5.14 Å². The molecular formula is C13H20N2O3S.